The third kappa shape index (κ3) is 2.08. The summed E-state index contributed by atoms with van der Waals surface area (Å²) in [7, 11) is 3.65. The minimum Gasteiger partial charge on any atom is -0.348 e. The zero-order chi connectivity index (χ0) is 11.5. The number of rotatable bonds is 2. The second kappa shape index (κ2) is 4.14. The van der Waals surface area contributed by atoms with Crippen molar-refractivity contribution < 1.29 is 0 Å². The summed E-state index contributed by atoms with van der Waals surface area (Å²) in [4.78, 5) is 24.1. The van der Waals surface area contributed by atoms with Crippen LogP contribution in [0.5, 0.6) is 0 Å². The fourth-order valence-electron chi connectivity index (χ4n) is 1.33. The Kier molecular flexibility index (Phi) is 2.68. The summed E-state index contributed by atoms with van der Waals surface area (Å²) in [6.07, 6.45) is 3.39. The highest BCUT2D eigenvalue weighted by atomic mass is 16.1. The number of H-pyrrole nitrogens is 1. The van der Waals surface area contributed by atoms with Crippen LogP contribution in [0.25, 0.3) is 11.3 Å². The molecule has 5 heteroatoms. The van der Waals surface area contributed by atoms with E-state index in [2.05, 4.69) is 15.0 Å². The van der Waals surface area contributed by atoms with Crippen LogP contribution in [0.1, 0.15) is 0 Å². The molecule has 0 saturated carbocycles. The van der Waals surface area contributed by atoms with Crippen LogP contribution in [0.2, 0.25) is 0 Å². The van der Waals surface area contributed by atoms with Gasteiger partial charge in [0.2, 0.25) is 5.95 Å². The molecule has 0 saturated heterocycles. The van der Waals surface area contributed by atoms with Gasteiger partial charge >= 0.3 is 0 Å². The first-order chi connectivity index (χ1) is 7.66. The van der Waals surface area contributed by atoms with Gasteiger partial charge in [-0.05, 0) is 12.1 Å². The van der Waals surface area contributed by atoms with E-state index in [1.165, 1.54) is 6.07 Å². The van der Waals surface area contributed by atoms with Crippen molar-refractivity contribution in [2.24, 2.45) is 0 Å². The molecule has 2 heterocycles. The van der Waals surface area contributed by atoms with Crippen molar-refractivity contribution in [2.75, 3.05) is 19.0 Å². The SMILES string of the molecule is CN(C)c1nc(=O)cc(-c2cccnc2)[nH]1. The summed E-state index contributed by atoms with van der Waals surface area (Å²) >= 11 is 0. The maximum absolute atomic E-state index is 11.4. The van der Waals surface area contributed by atoms with Gasteiger partial charge in [0, 0.05) is 38.1 Å². The highest BCUT2D eigenvalue weighted by Crippen LogP contribution is 2.14. The van der Waals surface area contributed by atoms with Crippen molar-refractivity contribution in [3.05, 3.63) is 40.9 Å². The molecule has 2 rings (SSSR count). The lowest BCUT2D eigenvalue weighted by atomic mass is 10.2. The van der Waals surface area contributed by atoms with Crippen LogP contribution in [0, 0.1) is 0 Å². The van der Waals surface area contributed by atoms with Crippen molar-refractivity contribution in [1.29, 1.82) is 0 Å². The average Bonchev–Trinajstić information content (AvgIpc) is 2.29. The van der Waals surface area contributed by atoms with Crippen LogP contribution in [-0.4, -0.2) is 29.0 Å². The van der Waals surface area contributed by atoms with E-state index in [0.717, 1.165) is 11.3 Å². The normalized spacial score (nSPS) is 10.1. The Labute approximate surface area is 92.8 Å². The molecule has 16 heavy (non-hydrogen) atoms. The summed E-state index contributed by atoms with van der Waals surface area (Å²) < 4.78 is 0. The Bertz CT molecular complexity index is 533. The lowest BCUT2D eigenvalue weighted by molar-refractivity contribution is 0.983. The quantitative estimate of drug-likeness (QED) is 0.810. The van der Waals surface area contributed by atoms with Crippen LogP contribution in [0.4, 0.5) is 5.95 Å². The molecular weight excluding hydrogens is 204 g/mol. The lowest BCUT2D eigenvalue weighted by Gasteiger charge is -2.11. The first-order valence-electron chi connectivity index (χ1n) is 4.86. The Morgan fingerprint density at radius 2 is 2.19 bits per heavy atom. The molecule has 0 aliphatic rings. The summed E-state index contributed by atoms with van der Waals surface area (Å²) in [5, 5.41) is 0. The molecule has 5 nitrogen and oxygen atoms in total. The van der Waals surface area contributed by atoms with E-state index in [1.807, 2.05) is 26.2 Å². The van der Waals surface area contributed by atoms with Gasteiger partial charge < -0.3 is 9.88 Å². The summed E-state index contributed by atoms with van der Waals surface area (Å²) in [5.74, 6) is 0.534. The third-order valence-corrected chi connectivity index (χ3v) is 2.13. The van der Waals surface area contributed by atoms with Crippen LogP contribution in [-0.2, 0) is 0 Å². The van der Waals surface area contributed by atoms with Gasteiger partial charge in [-0.15, -0.1) is 0 Å². The minimum atomic E-state index is -0.263. The predicted molar refractivity (Wildman–Crippen MR) is 62.4 cm³/mol. The topological polar surface area (TPSA) is 61.9 Å². The molecule has 0 bridgehead atoms. The molecule has 0 aliphatic heterocycles. The molecule has 0 radical (unpaired) electrons. The third-order valence-electron chi connectivity index (χ3n) is 2.13. The van der Waals surface area contributed by atoms with Crippen LogP contribution in [0.15, 0.2) is 35.4 Å². The Morgan fingerprint density at radius 1 is 1.38 bits per heavy atom. The highest BCUT2D eigenvalue weighted by molar-refractivity contribution is 5.58. The van der Waals surface area contributed by atoms with Gasteiger partial charge in [0.25, 0.3) is 5.56 Å². The summed E-state index contributed by atoms with van der Waals surface area (Å²) in [6.45, 7) is 0. The molecule has 0 spiro atoms. The largest absolute Gasteiger partial charge is 0.348 e. The van der Waals surface area contributed by atoms with Gasteiger partial charge in [-0.25, -0.2) is 0 Å². The smallest absolute Gasteiger partial charge is 0.275 e. The number of hydrogen-bond acceptors (Lipinski definition) is 4. The van der Waals surface area contributed by atoms with Crippen LogP contribution in [0.3, 0.4) is 0 Å². The number of aromatic amines is 1. The summed E-state index contributed by atoms with van der Waals surface area (Å²) in [5.41, 5.74) is 1.32. The molecular formula is C11H12N4O. The van der Waals surface area contributed by atoms with E-state index in [0.29, 0.717) is 5.95 Å². The lowest BCUT2D eigenvalue weighted by Crippen LogP contribution is -2.18. The molecule has 0 fully saturated rings. The average molecular weight is 216 g/mol. The fraction of sp³-hybridized carbons (Fsp3) is 0.182. The molecule has 82 valence electrons. The fourth-order valence-corrected chi connectivity index (χ4v) is 1.33. The monoisotopic (exact) mass is 216 g/mol. The number of hydrogen-bond donors (Lipinski definition) is 1. The van der Waals surface area contributed by atoms with Crippen molar-refractivity contribution in [2.45, 2.75) is 0 Å². The number of nitrogens with one attached hydrogen (secondary N) is 1. The van der Waals surface area contributed by atoms with E-state index in [1.54, 1.807) is 17.3 Å². The number of pyridine rings is 1. The number of anilines is 1. The molecule has 0 unspecified atom stereocenters. The molecule has 0 aromatic carbocycles. The van der Waals surface area contributed by atoms with Gasteiger partial charge in [0.1, 0.15) is 0 Å². The van der Waals surface area contributed by atoms with Gasteiger partial charge in [-0.1, -0.05) is 0 Å². The molecule has 0 atom stereocenters. The zero-order valence-electron chi connectivity index (χ0n) is 9.14. The molecule has 0 aliphatic carbocycles. The van der Waals surface area contributed by atoms with Crippen molar-refractivity contribution in [3.8, 4) is 11.3 Å². The van der Waals surface area contributed by atoms with Crippen LogP contribution < -0.4 is 10.5 Å². The molecule has 0 amide bonds. The molecule has 2 aromatic heterocycles. The Hall–Kier alpha value is -2.17. The second-order valence-corrected chi connectivity index (χ2v) is 3.59. The zero-order valence-corrected chi connectivity index (χ0v) is 9.14. The second-order valence-electron chi connectivity index (χ2n) is 3.59. The molecule has 2 aromatic rings. The molecule has 1 N–H and O–H groups in total. The maximum Gasteiger partial charge on any atom is 0.275 e. The number of nitrogens with zero attached hydrogens (tertiary/aromatic N) is 3. The van der Waals surface area contributed by atoms with Crippen molar-refractivity contribution in [1.82, 2.24) is 15.0 Å². The number of aromatic nitrogens is 3. The van der Waals surface area contributed by atoms with Crippen molar-refractivity contribution >= 4 is 5.95 Å². The van der Waals surface area contributed by atoms with Gasteiger partial charge in [-0.3, -0.25) is 9.78 Å². The Morgan fingerprint density at radius 3 is 2.81 bits per heavy atom. The van der Waals surface area contributed by atoms with Gasteiger partial charge in [-0.2, -0.15) is 4.98 Å². The van der Waals surface area contributed by atoms with E-state index in [9.17, 15) is 4.79 Å². The minimum absolute atomic E-state index is 0.263. The maximum atomic E-state index is 11.4. The summed E-state index contributed by atoms with van der Waals surface area (Å²) in [6, 6.07) is 5.17. The Balaban J connectivity index is 2.54. The van der Waals surface area contributed by atoms with E-state index >= 15 is 0 Å². The van der Waals surface area contributed by atoms with Crippen LogP contribution >= 0.6 is 0 Å². The first kappa shape index (κ1) is 10.4. The van der Waals surface area contributed by atoms with Gasteiger partial charge in [0.15, 0.2) is 0 Å². The van der Waals surface area contributed by atoms with E-state index in [4.69, 9.17) is 0 Å². The predicted octanol–water partition coefficient (Wildman–Crippen LogP) is 0.898. The van der Waals surface area contributed by atoms with E-state index < -0.39 is 0 Å². The standard InChI is InChI=1S/C11H12N4O/c1-15(2)11-13-9(6-10(16)14-11)8-4-3-5-12-7-8/h3-7H,1-2H3,(H,13,14,16). The van der Waals surface area contributed by atoms with Gasteiger partial charge in [0.05, 0.1) is 5.69 Å². The highest BCUT2D eigenvalue weighted by Gasteiger charge is 2.04. The van der Waals surface area contributed by atoms with Crippen molar-refractivity contribution in [3.63, 3.8) is 0 Å². The van der Waals surface area contributed by atoms with E-state index in [-0.39, 0.29) is 5.56 Å². The first-order valence-corrected chi connectivity index (χ1v) is 4.86.